The van der Waals surface area contributed by atoms with E-state index in [9.17, 15) is 4.57 Å². The molecular weight excluding hydrogens is 179 g/mol. The van der Waals surface area contributed by atoms with Crippen LogP contribution in [0.4, 0.5) is 0 Å². The van der Waals surface area contributed by atoms with Crippen molar-refractivity contribution in [3.05, 3.63) is 23.8 Å². The van der Waals surface area contributed by atoms with Gasteiger partial charge in [-0.3, -0.25) is 4.57 Å². The lowest BCUT2D eigenvalue weighted by Crippen LogP contribution is -1.92. The highest BCUT2D eigenvalue weighted by atomic mass is 31.2. The van der Waals surface area contributed by atoms with E-state index in [1.165, 1.54) is 12.4 Å². The fourth-order valence-corrected chi connectivity index (χ4v) is 1.38. The molecule has 1 heterocycles. The molecule has 0 aromatic carbocycles. The first-order valence-electron chi connectivity index (χ1n) is 3.29. The van der Waals surface area contributed by atoms with Crippen molar-refractivity contribution in [3.8, 4) is 0 Å². The average Bonchev–Trinajstić information content (AvgIpc) is 1.91. The molecule has 0 radical (unpaired) electrons. The predicted octanol–water partition coefficient (Wildman–Crippen LogP) is 0.463. The minimum atomic E-state index is -3.98. The quantitative estimate of drug-likeness (QED) is 0.659. The molecule has 0 aliphatic heterocycles. The summed E-state index contributed by atoms with van der Waals surface area (Å²) in [5.41, 5.74) is 0.453. The van der Waals surface area contributed by atoms with Crippen LogP contribution < -0.4 is 0 Å². The molecule has 0 amide bonds. The van der Waals surface area contributed by atoms with Crippen LogP contribution in [0.3, 0.4) is 0 Å². The summed E-state index contributed by atoms with van der Waals surface area (Å²) in [5.74, 6) is 0.587. The van der Waals surface area contributed by atoms with Crippen LogP contribution in [0.25, 0.3) is 0 Å². The second kappa shape index (κ2) is 3.31. The number of aryl methyl sites for hydroxylation is 1. The molecule has 0 spiro atoms. The van der Waals surface area contributed by atoms with E-state index in [0.29, 0.717) is 11.4 Å². The van der Waals surface area contributed by atoms with Gasteiger partial charge in [-0.1, -0.05) is 0 Å². The van der Waals surface area contributed by atoms with Crippen LogP contribution >= 0.6 is 7.60 Å². The molecule has 0 saturated heterocycles. The van der Waals surface area contributed by atoms with Gasteiger partial charge < -0.3 is 9.79 Å². The molecule has 12 heavy (non-hydrogen) atoms. The van der Waals surface area contributed by atoms with Crippen LogP contribution in [-0.2, 0) is 10.7 Å². The zero-order valence-corrected chi connectivity index (χ0v) is 7.40. The first kappa shape index (κ1) is 9.32. The Balaban J connectivity index is 2.78. The maximum absolute atomic E-state index is 10.5. The van der Waals surface area contributed by atoms with E-state index in [4.69, 9.17) is 9.79 Å². The van der Waals surface area contributed by atoms with Crippen LogP contribution in [0.1, 0.15) is 11.4 Å². The van der Waals surface area contributed by atoms with Gasteiger partial charge in [-0.25, -0.2) is 9.97 Å². The predicted molar refractivity (Wildman–Crippen MR) is 42.5 cm³/mol. The Bertz CT molecular complexity index is 305. The number of hydrogen-bond acceptors (Lipinski definition) is 3. The Hall–Kier alpha value is -0.770. The van der Waals surface area contributed by atoms with Crippen LogP contribution in [0.15, 0.2) is 12.4 Å². The van der Waals surface area contributed by atoms with Crippen molar-refractivity contribution in [2.45, 2.75) is 13.1 Å². The normalized spacial score (nSPS) is 11.6. The molecule has 0 atom stereocenters. The van der Waals surface area contributed by atoms with E-state index in [2.05, 4.69) is 9.97 Å². The molecule has 0 aliphatic carbocycles. The summed E-state index contributed by atoms with van der Waals surface area (Å²) in [5, 5.41) is 0. The van der Waals surface area contributed by atoms with Gasteiger partial charge in [0.1, 0.15) is 5.82 Å². The molecule has 0 aliphatic rings. The van der Waals surface area contributed by atoms with Gasteiger partial charge in [-0.15, -0.1) is 0 Å². The van der Waals surface area contributed by atoms with Crippen molar-refractivity contribution in [1.29, 1.82) is 0 Å². The highest BCUT2D eigenvalue weighted by Crippen LogP contribution is 2.38. The van der Waals surface area contributed by atoms with Gasteiger partial charge in [-0.05, 0) is 6.92 Å². The fraction of sp³-hybridized carbons (Fsp3) is 0.333. The van der Waals surface area contributed by atoms with E-state index >= 15 is 0 Å². The maximum atomic E-state index is 10.5. The van der Waals surface area contributed by atoms with Gasteiger partial charge in [0.15, 0.2) is 0 Å². The molecule has 2 N–H and O–H groups in total. The van der Waals surface area contributed by atoms with E-state index in [1.807, 2.05) is 0 Å². The minimum absolute atomic E-state index is 0.298. The second-order valence-electron chi connectivity index (χ2n) is 2.46. The van der Waals surface area contributed by atoms with E-state index < -0.39 is 7.60 Å². The van der Waals surface area contributed by atoms with Crippen molar-refractivity contribution in [3.63, 3.8) is 0 Å². The Labute approximate surface area is 69.7 Å². The van der Waals surface area contributed by atoms with E-state index in [0.717, 1.165) is 0 Å². The van der Waals surface area contributed by atoms with Gasteiger partial charge in [0.25, 0.3) is 0 Å². The maximum Gasteiger partial charge on any atom is 0.330 e. The molecule has 0 saturated carbocycles. The number of nitrogens with zero attached hydrogens (tertiary/aromatic N) is 2. The zero-order chi connectivity index (χ0) is 9.19. The van der Waals surface area contributed by atoms with Crippen molar-refractivity contribution in [2.24, 2.45) is 0 Å². The molecule has 1 aromatic rings. The summed E-state index contributed by atoms with van der Waals surface area (Å²) in [7, 11) is -3.98. The highest BCUT2D eigenvalue weighted by Gasteiger charge is 2.13. The van der Waals surface area contributed by atoms with Gasteiger partial charge in [0.05, 0.1) is 6.16 Å². The van der Waals surface area contributed by atoms with Crippen LogP contribution in [0.2, 0.25) is 0 Å². The van der Waals surface area contributed by atoms with Crippen LogP contribution in [0.5, 0.6) is 0 Å². The van der Waals surface area contributed by atoms with E-state index in [1.54, 1.807) is 6.92 Å². The largest absolute Gasteiger partial charge is 0.330 e. The number of aromatic nitrogens is 2. The Morgan fingerprint density at radius 2 is 1.92 bits per heavy atom. The lowest BCUT2D eigenvalue weighted by molar-refractivity contribution is 0.371. The summed E-state index contributed by atoms with van der Waals surface area (Å²) in [6, 6.07) is 0. The summed E-state index contributed by atoms with van der Waals surface area (Å²) >= 11 is 0. The molecule has 1 aromatic heterocycles. The third-order valence-electron chi connectivity index (χ3n) is 1.22. The first-order chi connectivity index (χ1) is 5.47. The Morgan fingerprint density at radius 3 is 2.33 bits per heavy atom. The molecule has 6 heteroatoms. The standard InChI is InChI=1S/C6H9N2O3P/c1-5-7-2-6(3-8-5)4-12(9,10)11/h2-3H,4H2,1H3,(H2,9,10,11). The van der Waals surface area contributed by atoms with Crippen molar-refractivity contribution >= 4 is 7.60 Å². The van der Waals surface area contributed by atoms with Gasteiger partial charge in [-0.2, -0.15) is 0 Å². The fourth-order valence-electron chi connectivity index (χ4n) is 0.739. The third kappa shape index (κ3) is 3.09. The second-order valence-corrected chi connectivity index (χ2v) is 4.11. The smallest absolute Gasteiger partial charge is 0.324 e. The summed E-state index contributed by atoms with van der Waals surface area (Å²) < 4.78 is 10.5. The topological polar surface area (TPSA) is 83.3 Å². The minimum Gasteiger partial charge on any atom is -0.324 e. The zero-order valence-electron chi connectivity index (χ0n) is 6.51. The Morgan fingerprint density at radius 1 is 1.42 bits per heavy atom. The highest BCUT2D eigenvalue weighted by molar-refractivity contribution is 7.50. The average molecular weight is 188 g/mol. The van der Waals surface area contributed by atoms with E-state index in [-0.39, 0.29) is 6.16 Å². The first-order valence-corrected chi connectivity index (χ1v) is 5.09. The molecule has 5 nitrogen and oxygen atoms in total. The summed E-state index contributed by atoms with van der Waals surface area (Å²) in [6.45, 7) is 1.71. The number of rotatable bonds is 2. The van der Waals surface area contributed by atoms with Gasteiger partial charge in [0, 0.05) is 18.0 Å². The van der Waals surface area contributed by atoms with Gasteiger partial charge >= 0.3 is 7.60 Å². The number of hydrogen-bond donors (Lipinski definition) is 2. The molecule has 1 rings (SSSR count). The Kier molecular flexibility index (Phi) is 2.57. The van der Waals surface area contributed by atoms with Crippen LogP contribution in [0, 0.1) is 6.92 Å². The summed E-state index contributed by atoms with van der Waals surface area (Å²) in [6.07, 6.45) is 2.54. The monoisotopic (exact) mass is 188 g/mol. The van der Waals surface area contributed by atoms with Crippen molar-refractivity contribution in [1.82, 2.24) is 9.97 Å². The molecule has 0 unspecified atom stereocenters. The lowest BCUT2D eigenvalue weighted by atomic mass is 10.4. The van der Waals surface area contributed by atoms with Gasteiger partial charge in [0.2, 0.25) is 0 Å². The third-order valence-corrected chi connectivity index (χ3v) is 2.00. The molecular formula is C6H9N2O3P. The van der Waals surface area contributed by atoms with Crippen molar-refractivity contribution in [2.75, 3.05) is 0 Å². The SMILES string of the molecule is Cc1ncc(CP(=O)(O)O)cn1. The van der Waals surface area contributed by atoms with Crippen LogP contribution in [-0.4, -0.2) is 19.8 Å². The summed E-state index contributed by atoms with van der Waals surface area (Å²) in [4.78, 5) is 24.8. The molecule has 0 fully saturated rings. The van der Waals surface area contributed by atoms with Crippen molar-refractivity contribution < 1.29 is 14.4 Å². The molecule has 0 bridgehead atoms. The lowest BCUT2D eigenvalue weighted by Gasteiger charge is -2.02. The molecule has 66 valence electrons.